The molecule has 0 aliphatic carbocycles. The van der Waals surface area contributed by atoms with Crippen molar-refractivity contribution in [3.8, 4) is 0 Å². The zero-order valence-electron chi connectivity index (χ0n) is 21.3. The molecular weight excluding hydrogens is 435 g/mol. The predicted octanol–water partition coefficient (Wildman–Crippen LogP) is 5.92. The van der Waals surface area contributed by atoms with E-state index < -0.39 is 23.7 Å². The van der Waals surface area contributed by atoms with Gasteiger partial charge in [-0.25, -0.2) is 4.79 Å². The van der Waals surface area contributed by atoms with E-state index in [-0.39, 0.29) is 11.8 Å². The molecule has 3 rings (SSSR count). The first-order valence-electron chi connectivity index (χ1n) is 12.1. The number of hydrogen-bond acceptors (Lipinski definition) is 4. The maximum Gasteiger partial charge on any atom is 0.329 e. The zero-order valence-corrected chi connectivity index (χ0v) is 21.3. The Morgan fingerprint density at radius 2 is 1.26 bits per heavy atom. The van der Waals surface area contributed by atoms with Gasteiger partial charge >= 0.3 is 5.97 Å². The van der Waals surface area contributed by atoms with E-state index in [2.05, 4.69) is 5.32 Å². The first kappa shape index (κ1) is 26.0. The Balaban J connectivity index is 2.02. The second-order valence-electron chi connectivity index (χ2n) is 10.0. The van der Waals surface area contributed by atoms with Gasteiger partial charge in [-0.1, -0.05) is 80.6 Å². The number of nitrogens with zero attached hydrogens (tertiary/aromatic N) is 1. The first-order valence-corrected chi connectivity index (χ1v) is 12.1. The summed E-state index contributed by atoms with van der Waals surface area (Å²) in [5.41, 5.74) is 2.18. The fourth-order valence-electron chi connectivity index (χ4n) is 3.94. The standard InChI is InChI=1S/C30H36N2O3/c1-22(2)27(29(34)35-30(3,4)5)31-28(33)26(21-23-15-9-6-10-16-23)32(24-17-11-7-12-18-24)25-19-13-8-14-20-25/h6-20,22,26-27H,21H2,1-5H3,(H,31,33)/t26-,27+/m1/s1/i21-1. The maximum atomic E-state index is 14.0. The van der Waals surface area contributed by atoms with Gasteiger partial charge in [-0.15, -0.1) is 0 Å². The Kier molecular flexibility index (Phi) is 8.69. The fraction of sp³-hybridized carbons (Fsp3) is 0.333. The summed E-state index contributed by atoms with van der Waals surface area (Å²) in [6, 6.07) is 28.3. The van der Waals surface area contributed by atoms with Gasteiger partial charge in [0.05, 0.1) is 0 Å². The zero-order chi connectivity index (χ0) is 25.4. The Morgan fingerprint density at radius 1 is 0.800 bits per heavy atom. The molecule has 35 heavy (non-hydrogen) atoms. The van der Waals surface area contributed by atoms with Gasteiger partial charge in [-0.05, 0) is 56.5 Å². The van der Waals surface area contributed by atoms with Gasteiger partial charge in [0.15, 0.2) is 0 Å². The largest absolute Gasteiger partial charge is 0.458 e. The average Bonchev–Trinajstić information content (AvgIpc) is 2.82. The lowest BCUT2D eigenvalue weighted by atomic mass is 9.71. The fourth-order valence-corrected chi connectivity index (χ4v) is 3.94. The van der Waals surface area contributed by atoms with Gasteiger partial charge in [0.1, 0.15) is 17.7 Å². The number of esters is 1. The van der Waals surface area contributed by atoms with Crippen LogP contribution in [0.25, 0.3) is 0 Å². The molecule has 0 saturated carbocycles. The van der Waals surface area contributed by atoms with Crippen LogP contribution in [0.4, 0.5) is 11.4 Å². The Bertz CT molecular complexity index is 1040. The molecule has 184 valence electrons. The van der Waals surface area contributed by atoms with E-state index in [1.165, 1.54) is 0 Å². The summed E-state index contributed by atoms with van der Waals surface area (Å²) in [7, 11) is 0. The highest BCUT2D eigenvalue weighted by molar-refractivity contribution is 5.92. The van der Waals surface area contributed by atoms with Crippen LogP contribution in [0.1, 0.15) is 40.2 Å². The highest BCUT2D eigenvalue weighted by atomic mass is 16.6. The molecule has 0 aromatic heterocycles. The van der Waals surface area contributed by atoms with E-state index >= 15 is 0 Å². The summed E-state index contributed by atoms with van der Waals surface area (Å²) in [5, 5.41) is 3.02. The Morgan fingerprint density at radius 3 is 1.69 bits per heavy atom. The van der Waals surface area contributed by atoms with Crippen LogP contribution in [-0.2, 0) is 20.7 Å². The van der Waals surface area contributed by atoms with E-state index in [0.717, 1.165) is 16.9 Å². The molecule has 0 bridgehead atoms. The summed E-state index contributed by atoms with van der Waals surface area (Å²) < 4.78 is 5.62. The van der Waals surface area contributed by atoms with Crippen LogP contribution in [0.2, 0.25) is 0 Å². The molecule has 0 unspecified atom stereocenters. The van der Waals surface area contributed by atoms with Crippen LogP contribution < -0.4 is 10.2 Å². The number of para-hydroxylation sites is 2. The highest BCUT2D eigenvalue weighted by Gasteiger charge is 2.34. The molecule has 0 aliphatic heterocycles. The van der Waals surface area contributed by atoms with Crippen LogP contribution in [-0.4, -0.2) is 29.6 Å². The molecule has 3 aromatic rings. The predicted molar refractivity (Wildman–Crippen MR) is 142 cm³/mol. The normalized spacial score (nSPS) is 13.1. The van der Waals surface area contributed by atoms with Crippen molar-refractivity contribution in [2.45, 2.75) is 58.7 Å². The van der Waals surface area contributed by atoms with E-state index in [1.807, 2.05) is 131 Å². The minimum absolute atomic E-state index is 0.131. The lowest BCUT2D eigenvalue weighted by Crippen LogP contribution is -2.54. The van der Waals surface area contributed by atoms with Gasteiger partial charge in [0.2, 0.25) is 5.91 Å². The van der Waals surface area contributed by atoms with Crippen molar-refractivity contribution in [3.05, 3.63) is 96.6 Å². The summed E-state index contributed by atoms with van der Waals surface area (Å²) in [5.74, 6) is -0.788. The highest BCUT2D eigenvalue weighted by Crippen LogP contribution is 2.29. The molecule has 0 fully saturated rings. The number of hydrogen-bond donors (Lipinski definition) is 1. The Labute approximate surface area is 209 Å². The van der Waals surface area contributed by atoms with E-state index in [0.29, 0.717) is 6.42 Å². The molecule has 2 atom stereocenters. The maximum absolute atomic E-state index is 14.0. The molecule has 1 amide bonds. The molecule has 0 heterocycles. The second kappa shape index (κ2) is 11.7. The third kappa shape index (κ3) is 7.44. The first-order chi connectivity index (χ1) is 16.7. The van der Waals surface area contributed by atoms with Crippen molar-refractivity contribution in [2.75, 3.05) is 4.90 Å². The topological polar surface area (TPSA) is 58.6 Å². The van der Waals surface area contributed by atoms with E-state index in [1.54, 1.807) is 0 Å². The monoisotopic (exact) mass is 471 g/mol. The van der Waals surface area contributed by atoms with Crippen molar-refractivity contribution in [3.63, 3.8) is 0 Å². The molecular formula is C30H36N2O3. The van der Waals surface area contributed by atoms with Crippen LogP contribution in [0.3, 0.4) is 0 Å². The third-order valence-corrected chi connectivity index (χ3v) is 5.58. The van der Waals surface area contributed by atoms with Crippen molar-refractivity contribution in [2.24, 2.45) is 5.92 Å². The lowest BCUT2D eigenvalue weighted by Gasteiger charge is -2.35. The van der Waals surface area contributed by atoms with Crippen LogP contribution in [0.5, 0.6) is 0 Å². The molecule has 0 aliphatic rings. The molecule has 1 N–H and O–H groups in total. The van der Waals surface area contributed by atoms with Crippen LogP contribution in [0.15, 0.2) is 91.0 Å². The van der Waals surface area contributed by atoms with Gasteiger partial charge < -0.3 is 15.0 Å². The summed E-state index contributed by atoms with van der Waals surface area (Å²) in [4.78, 5) is 29.0. The molecule has 0 saturated heterocycles. The van der Waals surface area contributed by atoms with Crippen molar-refractivity contribution >= 4 is 23.3 Å². The number of carbonyl (C=O) groups excluding carboxylic acids is 2. The van der Waals surface area contributed by atoms with Gasteiger partial charge in [-0.3, -0.25) is 4.79 Å². The van der Waals surface area contributed by atoms with Gasteiger partial charge in [0, 0.05) is 17.8 Å². The van der Waals surface area contributed by atoms with E-state index in [4.69, 9.17) is 4.74 Å². The minimum atomic E-state index is -0.756. The van der Waals surface area contributed by atoms with Crippen LogP contribution in [0, 0.1) is 5.92 Å². The summed E-state index contributed by atoms with van der Waals surface area (Å²) in [6.07, 6.45) is 0.468. The average molecular weight is 472 g/mol. The van der Waals surface area contributed by atoms with Crippen molar-refractivity contribution in [1.29, 1.82) is 0 Å². The van der Waals surface area contributed by atoms with E-state index in [9.17, 15) is 9.59 Å². The number of carbonyl (C=O) groups is 2. The molecule has 5 nitrogen and oxygen atoms in total. The van der Waals surface area contributed by atoms with Crippen LogP contribution >= 0.6 is 0 Å². The smallest absolute Gasteiger partial charge is 0.329 e. The second-order valence-corrected chi connectivity index (χ2v) is 10.0. The van der Waals surface area contributed by atoms with Crippen molar-refractivity contribution in [1.82, 2.24) is 5.32 Å². The number of nitrogens with one attached hydrogen (secondary N) is 1. The van der Waals surface area contributed by atoms with Gasteiger partial charge in [0.25, 0.3) is 0 Å². The number of amides is 1. The molecule has 3 aromatic carbocycles. The molecule has 0 radical (unpaired) electrons. The SMILES string of the molecule is CC(C)[C@H](NC(=O)[C@@H]([11CH2]c1ccccc1)N(c1ccccc1)c1ccccc1)C(=O)OC(C)(C)C. The number of anilines is 2. The Hall–Kier alpha value is -3.60. The minimum Gasteiger partial charge on any atom is -0.458 e. The molecule has 5 heteroatoms. The summed E-state index contributed by atoms with van der Waals surface area (Å²) in [6.45, 7) is 9.30. The summed E-state index contributed by atoms with van der Waals surface area (Å²) >= 11 is 0. The van der Waals surface area contributed by atoms with Gasteiger partial charge in [-0.2, -0.15) is 0 Å². The lowest BCUT2D eigenvalue weighted by molar-refractivity contribution is -0.160. The third-order valence-electron chi connectivity index (χ3n) is 5.58. The number of benzene rings is 3. The molecule has 0 spiro atoms. The number of rotatable bonds is 9. The quantitative estimate of drug-likeness (QED) is 0.394. The van der Waals surface area contributed by atoms with Crippen molar-refractivity contribution < 1.29 is 14.3 Å². The number of ether oxygens (including phenoxy) is 1.